The third kappa shape index (κ3) is 2.71. The van der Waals surface area contributed by atoms with Gasteiger partial charge in [-0.2, -0.15) is 23.0 Å². The molecule has 0 saturated heterocycles. The van der Waals surface area contributed by atoms with E-state index >= 15 is 0 Å². The van der Waals surface area contributed by atoms with Crippen molar-refractivity contribution in [3.05, 3.63) is 46.6 Å². The van der Waals surface area contributed by atoms with Crippen molar-refractivity contribution in [2.75, 3.05) is 5.32 Å². The number of hydrogen-bond donors (Lipinski definition) is 1. The van der Waals surface area contributed by atoms with Crippen LogP contribution in [0.25, 0.3) is 0 Å². The predicted molar refractivity (Wildman–Crippen MR) is 75.1 cm³/mol. The van der Waals surface area contributed by atoms with Crippen LogP contribution < -0.4 is 5.32 Å². The second-order valence-corrected chi connectivity index (χ2v) is 5.31. The monoisotopic (exact) mass is 323 g/mol. The fourth-order valence-electron chi connectivity index (χ4n) is 2.61. The molecule has 1 amide bonds. The van der Waals surface area contributed by atoms with Crippen LogP contribution in [0.4, 0.5) is 19.0 Å². The second kappa shape index (κ2) is 5.22. The molecule has 0 bridgehead atoms. The molecule has 0 aliphatic carbocycles. The number of anilines is 1. The van der Waals surface area contributed by atoms with Gasteiger partial charge in [0.2, 0.25) is 5.91 Å². The Hall–Kier alpha value is -2.64. The van der Waals surface area contributed by atoms with Crippen molar-refractivity contribution >= 4 is 17.6 Å². The van der Waals surface area contributed by atoms with E-state index in [-0.39, 0.29) is 24.2 Å². The van der Waals surface area contributed by atoms with Gasteiger partial charge in [-0.15, -0.1) is 0 Å². The minimum absolute atomic E-state index is 0.119. The van der Waals surface area contributed by atoms with E-state index in [1.54, 1.807) is 6.07 Å². The molecule has 0 unspecified atom stereocenters. The van der Waals surface area contributed by atoms with Gasteiger partial charge in [-0.3, -0.25) is 9.59 Å². The van der Waals surface area contributed by atoms with E-state index in [1.165, 1.54) is 19.2 Å². The number of hydrogen-bond acceptors (Lipinski definition) is 3. The number of nitrogens with zero attached hydrogens (tertiary/aromatic N) is 2. The Morgan fingerprint density at radius 3 is 2.70 bits per heavy atom. The van der Waals surface area contributed by atoms with Crippen molar-refractivity contribution in [3.8, 4) is 0 Å². The highest BCUT2D eigenvalue weighted by Gasteiger charge is 2.33. The fraction of sp³-hybridized carbons (Fsp3) is 0.267. The number of rotatable bonds is 2. The van der Waals surface area contributed by atoms with Crippen LogP contribution in [0.3, 0.4) is 0 Å². The largest absolute Gasteiger partial charge is 0.416 e. The normalized spacial score (nSPS) is 14.6. The fourth-order valence-corrected chi connectivity index (χ4v) is 2.61. The number of carbonyl (C=O) groups is 2. The van der Waals surface area contributed by atoms with Gasteiger partial charge in [0.25, 0.3) is 5.91 Å². The Morgan fingerprint density at radius 2 is 2.00 bits per heavy atom. The number of fused-ring (bicyclic) bond motifs is 1. The van der Waals surface area contributed by atoms with Crippen molar-refractivity contribution in [2.45, 2.75) is 25.9 Å². The first-order chi connectivity index (χ1) is 10.8. The Labute approximate surface area is 129 Å². The summed E-state index contributed by atoms with van der Waals surface area (Å²) in [5.41, 5.74) is 0.376. The van der Waals surface area contributed by atoms with E-state index in [9.17, 15) is 22.8 Å². The minimum atomic E-state index is -4.43. The summed E-state index contributed by atoms with van der Waals surface area (Å²) in [7, 11) is 0. The molecule has 0 radical (unpaired) electrons. The summed E-state index contributed by atoms with van der Waals surface area (Å²) in [4.78, 5) is 23.2. The first kappa shape index (κ1) is 15.3. The van der Waals surface area contributed by atoms with Crippen LogP contribution in [0.5, 0.6) is 0 Å². The van der Waals surface area contributed by atoms with Gasteiger partial charge in [-0.05, 0) is 24.1 Å². The third-order valence-corrected chi connectivity index (χ3v) is 3.78. The molecule has 1 aliphatic rings. The van der Waals surface area contributed by atoms with Gasteiger partial charge >= 0.3 is 6.18 Å². The van der Waals surface area contributed by atoms with E-state index in [0.29, 0.717) is 11.1 Å². The number of carbonyl (C=O) groups excluding carboxylic acids is 2. The first-order valence-corrected chi connectivity index (χ1v) is 6.83. The first-order valence-electron chi connectivity index (χ1n) is 6.83. The highest BCUT2D eigenvalue weighted by Crippen LogP contribution is 2.34. The smallest absolute Gasteiger partial charge is 0.310 e. The van der Waals surface area contributed by atoms with Crippen LogP contribution in [0.1, 0.15) is 33.5 Å². The quantitative estimate of drug-likeness (QED) is 0.864. The van der Waals surface area contributed by atoms with Crippen LogP contribution in [0, 0.1) is 6.92 Å². The molecule has 1 aromatic carbocycles. The summed E-state index contributed by atoms with van der Waals surface area (Å²) < 4.78 is 40.0. The van der Waals surface area contributed by atoms with Crippen LogP contribution in [-0.4, -0.2) is 21.6 Å². The molecule has 8 heteroatoms. The maximum atomic E-state index is 13.0. The molecular formula is C15H12F3N3O2. The standard InChI is InChI=1S/C15H12F3N3O2/c1-8-9(3-2-4-11(8)15(16,17)18)5-10-7-19-21-13(23)6-12(22)20-14(10)21/h2-4,7H,5-6H2,1H3,(H,20,22). The molecule has 5 nitrogen and oxygen atoms in total. The van der Waals surface area contributed by atoms with Crippen LogP contribution in [-0.2, 0) is 17.4 Å². The maximum Gasteiger partial charge on any atom is 0.416 e. The lowest BCUT2D eigenvalue weighted by atomic mass is 9.97. The van der Waals surface area contributed by atoms with Crippen molar-refractivity contribution in [3.63, 3.8) is 0 Å². The predicted octanol–water partition coefficient (Wildman–Crippen LogP) is 2.78. The molecule has 120 valence electrons. The highest BCUT2D eigenvalue weighted by atomic mass is 19.4. The number of benzene rings is 1. The van der Waals surface area contributed by atoms with Crippen LogP contribution in [0.15, 0.2) is 24.4 Å². The molecule has 23 heavy (non-hydrogen) atoms. The topological polar surface area (TPSA) is 64.0 Å². The van der Waals surface area contributed by atoms with E-state index in [0.717, 1.165) is 10.7 Å². The molecule has 0 spiro atoms. The molecule has 0 saturated carbocycles. The SMILES string of the molecule is Cc1c(Cc2cnn3c2NC(=O)CC3=O)cccc1C(F)(F)F. The summed E-state index contributed by atoms with van der Waals surface area (Å²) >= 11 is 0. The molecule has 2 aromatic rings. The molecule has 1 aromatic heterocycles. The van der Waals surface area contributed by atoms with E-state index in [1.807, 2.05) is 0 Å². The van der Waals surface area contributed by atoms with Gasteiger partial charge in [0.15, 0.2) is 0 Å². The summed E-state index contributed by atoms with van der Waals surface area (Å²) in [6.07, 6.45) is -3.20. The van der Waals surface area contributed by atoms with Crippen LogP contribution >= 0.6 is 0 Å². The van der Waals surface area contributed by atoms with Gasteiger partial charge in [-0.1, -0.05) is 12.1 Å². The third-order valence-electron chi connectivity index (χ3n) is 3.78. The average Bonchev–Trinajstić information content (AvgIpc) is 2.83. The Kier molecular flexibility index (Phi) is 3.46. The summed E-state index contributed by atoms with van der Waals surface area (Å²) in [6.45, 7) is 1.40. The molecule has 1 aliphatic heterocycles. The zero-order chi connectivity index (χ0) is 16.8. The van der Waals surface area contributed by atoms with E-state index < -0.39 is 23.6 Å². The Balaban J connectivity index is 1.99. The van der Waals surface area contributed by atoms with Gasteiger partial charge in [0, 0.05) is 12.0 Å². The van der Waals surface area contributed by atoms with Crippen molar-refractivity contribution < 1.29 is 22.8 Å². The number of halogens is 3. The lowest BCUT2D eigenvalue weighted by molar-refractivity contribution is -0.138. The van der Waals surface area contributed by atoms with Gasteiger partial charge in [-0.25, -0.2) is 0 Å². The molecule has 0 fully saturated rings. The number of alkyl halides is 3. The zero-order valence-corrected chi connectivity index (χ0v) is 12.1. The maximum absolute atomic E-state index is 13.0. The summed E-state index contributed by atoms with van der Waals surface area (Å²) in [5, 5.41) is 6.44. The number of aromatic nitrogens is 2. The molecule has 2 heterocycles. The molecule has 3 rings (SSSR count). The van der Waals surface area contributed by atoms with Crippen molar-refractivity contribution in [1.29, 1.82) is 0 Å². The number of nitrogens with one attached hydrogen (secondary N) is 1. The van der Waals surface area contributed by atoms with E-state index in [2.05, 4.69) is 10.4 Å². The van der Waals surface area contributed by atoms with Gasteiger partial charge < -0.3 is 5.32 Å². The van der Waals surface area contributed by atoms with E-state index in [4.69, 9.17) is 0 Å². The molecular weight excluding hydrogens is 311 g/mol. The average molecular weight is 323 g/mol. The van der Waals surface area contributed by atoms with Crippen molar-refractivity contribution in [1.82, 2.24) is 9.78 Å². The Bertz CT molecular complexity index is 809. The summed E-state index contributed by atoms with van der Waals surface area (Å²) in [6, 6.07) is 3.95. The summed E-state index contributed by atoms with van der Waals surface area (Å²) in [5.74, 6) is -0.691. The minimum Gasteiger partial charge on any atom is -0.310 e. The van der Waals surface area contributed by atoms with Gasteiger partial charge in [0.05, 0.1) is 11.8 Å². The lowest BCUT2D eigenvalue weighted by Crippen LogP contribution is -2.30. The molecule has 0 atom stereocenters. The van der Waals surface area contributed by atoms with Gasteiger partial charge in [0.1, 0.15) is 12.2 Å². The lowest BCUT2D eigenvalue weighted by Gasteiger charge is -2.16. The Morgan fingerprint density at radius 1 is 1.26 bits per heavy atom. The molecule has 1 N–H and O–H groups in total. The van der Waals surface area contributed by atoms with Crippen molar-refractivity contribution in [2.24, 2.45) is 0 Å². The number of amides is 1. The second-order valence-electron chi connectivity index (χ2n) is 5.31. The highest BCUT2D eigenvalue weighted by molar-refractivity contribution is 6.09. The van der Waals surface area contributed by atoms with Crippen LogP contribution in [0.2, 0.25) is 0 Å². The zero-order valence-electron chi connectivity index (χ0n) is 12.1.